The molecule has 1 aliphatic carbocycles. The van der Waals surface area contributed by atoms with Gasteiger partial charge in [0.05, 0.1) is 6.54 Å². The maximum Gasteiger partial charge on any atom is 0.223 e. The number of carbonyl (C=O) groups is 1. The van der Waals surface area contributed by atoms with Crippen LogP contribution < -0.4 is 11.1 Å². The molecule has 23 heavy (non-hydrogen) atoms. The third-order valence-corrected chi connectivity index (χ3v) is 4.44. The van der Waals surface area contributed by atoms with E-state index >= 15 is 0 Å². The van der Waals surface area contributed by atoms with Crippen molar-refractivity contribution < 1.29 is 4.79 Å². The van der Waals surface area contributed by atoms with E-state index < -0.39 is 0 Å². The maximum atomic E-state index is 12.0. The highest BCUT2D eigenvalue weighted by molar-refractivity contribution is 9.10. The van der Waals surface area contributed by atoms with Crippen molar-refractivity contribution in [2.24, 2.45) is 11.7 Å². The van der Waals surface area contributed by atoms with Gasteiger partial charge in [-0.15, -0.1) is 12.4 Å². The molecule has 2 aromatic rings. The molecule has 0 spiro atoms. The predicted molar refractivity (Wildman–Crippen MR) is 93.9 cm³/mol. The average molecular weight is 401 g/mol. The van der Waals surface area contributed by atoms with Gasteiger partial charge in [-0.05, 0) is 31.4 Å². The minimum absolute atomic E-state index is 0. The van der Waals surface area contributed by atoms with Gasteiger partial charge in [0, 0.05) is 22.0 Å². The van der Waals surface area contributed by atoms with Crippen molar-refractivity contribution in [2.45, 2.75) is 31.8 Å². The van der Waals surface area contributed by atoms with E-state index in [1.165, 1.54) is 0 Å². The van der Waals surface area contributed by atoms with Crippen molar-refractivity contribution >= 4 is 34.2 Å². The Balaban J connectivity index is 0.00000192. The highest BCUT2D eigenvalue weighted by atomic mass is 79.9. The van der Waals surface area contributed by atoms with Crippen LogP contribution in [-0.2, 0) is 11.3 Å². The Bertz CT molecular complexity index is 660. The molecular weight excluding hydrogens is 382 g/mol. The zero-order valence-electron chi connectivity index (χ0n) is 12.5. The zero-order chi connectivity index (χ0) is 15.5. The van der Waals surface area contributed by atoms with Crippen LogP contribution in [0.25, 0.3) is 11.4 Å². The fourth-order valence-corrected chi connectivity index (χ4v) is 2.94. The van der Waals surface area contributed by atoms with Gasteiger partial charge < -0.3 is 11.1 Å². The molecule has 124 valence electrons. The molecule has 1 fully saturated rings. The van der Waals surface area contributed by atoms with E-state index in [1.807, 2.05) is 24.3 Å². The molecule has 1 heterocycles. The van der Waals surface area contributed by atoms with Crippen LogP contribution in [0.15, 0.2) is 28.7 Å². The van der Waals surface area contributed by atoms with Gasteiger partial charge in [-0.3, -0.25) is 9.89 Å². The van der Waals surface area contributed by atoms with E-state index in [-0.39, 0.29) is 30.3 Å². The fraction of sp³-hybridized carbons (Fsp3) is 0.400. The number of nitrogens with two attached hydrogens (primary N) is 1. The van der Waals surface area contributed by atoms with Crippen LogP contribution >= 0.6 is 28.3 Å². The zero-order valence-corrected chi connectivity index (χ0v) is 14.9. The number of H-pyrrole nitrogens is 1. The second-order valence-corrected chi connectivity index (χ2v) is 6.52. The van der Waals surface area contributed by atoms with Gasteiger partial charge in [0.1, 0.15) is 5.82 Å². The van der Waals surface area contributed by atoms with Gasteiger partial charge in [0.25, 0.3) is 0 Å². The Kier molecular flexibility index (Phi) is 6.15. The van der Waals surface area contributed by atoms with E-state index in [9.17, 15) is 4.79 Å². The van der Waals surface area contributed by atoms with Crippen molar-refractivity contribution in [2.75, 3.05) is 0 Å². The van der Waals surface area contributed by atoms with Crippen LogP contribution in [0.2, 0.25) is 0 Å². The van der Waals surface area contributed by atoms with Crippen LogP contribution in [0, 0.1) is 5.92 Å². The Morgan fingerprint density at radius 1 is 1.35 bits per heavy atom. The molecule has 0 saturated heterocycles. The summed E-state index contributed by atoms with van der Waals surface area (Å²) in [5, 5.41) is 9.94. The van der Waals surface area contributed by atoms with E-state index in [0.717, 1.165) is 29.3 Å². The van der Waals surface area contributed by atoms with Crippen molar-refractivity contribution in [3.05, 3.63) is 34.6 Å². The Morgan fingerprint density at radius 2 is 2.09 bits per heavy atom. The first-order valence-electron chi connectivity index (χ1n) is 7.32. The van der Waals surface area contributed by atoms with Crippen molar-refractivity contribution in [1.29, 1.82) is 0 Å². The molecule has 0 bridgehead atoms. The predicted octanol–water partition coefficient (Wildman–Crippen LogP) is 2.40. The number of benzene rings is 1. The number of hydrogen-bond acceptors (Lipinski definition) is 4. The highest BCUT2D eigenvalue weighted by Gasteiger charge is 2.27. The van der Waals surface area contributed by atoms with Crippen LogP contribution in [0.3, 0.4) is 0 Å². The summed E-state index contributed by atoms with van der Waals surface area (Å²) < 4.78 is 1.01. The molecule has 1 aliphatic rings. The minimum atomic E-state index is 0. The number of hydrogen-bond donors (Lipinski definition) is 3. The summed E-state index contributed by atoms with van der Waals surface area (Å²) in [6.45, 7) is 0.355. The first kappa shape index (κ1) is 17.9. The molecule has 3 rings (SSSR count). The molecule has 8 heteroatoms. The lowest BCUT2D eigenvalue weighted by atomic mass is 10.1. The molecule has 2 unspecified atom stereocenters. The normalized spacial score (nSPS) is 20.1. The highest BCUT2D eigenvalue weighted by Crippen LogP contribution is 2.24. The molecule has 0 radical (unpaired) electrons. The van der Waals surface area contributed by atoms with Crippen molar-refractivity contribution in [3.8, 4) is 11.4 Å². The standard InChI is InChI=1S/C15H18BrN5O.ClH/c16-11-4-1-9(2-5-11)14-19-13(20-21-14)8-18-15(22)10-3-6-12(17)7-10;/h1-2,4-5,10,12H,3,6-8,17H2,(H,18,22)(H,19,20,21);1H. The van der Waals surface area contributed by atoms with Crippen molar-refractivity contribution in [3.63, 3.8) is 0 Å². The molecule has 2 atom stereocenters. The monoisotopic (exact) mass is 399 g/mol. The number of rotatable bonds is 4. The lowest BCUT2D eigenvalue weighted by Gasteiger charge is -2.09. The Labute approximate surface area is 149 Å². The number of nitrogens with one attached hydrogen (secondary N) is 2. The second kappa shape index (κ2) is 7.90. The number of amides is 1. The molecule has 1 aromatic carbocycles. The van der Waals surface area contributed by atoms with E-state index in [2.05, 4.69) is 36.4 Å². The largest absolute Gasteiger partial charge is 0.349 e. The maximum absolute atomic E-state index is 12.0. The average Bonchev–Trinajstić information content (AvgIpc) is 3.15. The van der Waals surface area contributed by atoms with Gasteiger partial charge in [-0.2, -0.15) is 5.10 Å². The summed E-state index contributed by atoms with van der Waals surface area (Å²) >= 11 is 3.40. The molecule has 6 nitrogen and oxygen atoms in total. The van der Waals surface area contributed by atoms with Crippen LogP contribution in [-0.4, -0.2) is 27.1 Å². The summed E-state index contributed by atoms with van der Waals surface area (Å²) in [6.07, 6.45) is 2.56. The topological polar surface area (TPSA) is 96.7 Å². The lowest BCUT2D eigenvalue weighted by Crippen LogP contribution is -2.30. The SMILES string of the molecule is Cl.NC1CCC(C(=O)NCc2nc(-c3ccc(Br)cc3)n[nH]2)C1. The third-order valence-electron chi connectivity index (χ3n) is 3.91. The first-order chi connectivity index (χ1) is 10.6. The second-order valence-electron chi connectivity index (χ2n) is 5.60. The van der Waals surface area contributed by atoms with Gasteiger partial charge in [0.15, 0.2) is 5.82 Å². The van der Waals surface area contributed by atoms with Gasteiger partial charge >= 0.3 is 0 Å². The summed E-state index contributed by atoms with van der Waals surface area (Å²) in [5.74, 6) is 1.35. The minimum Gasteiger partial charge on any atom is -0.349 e. The van der Waals surface area contributed by atoms with E-state index in [1.54, 1.807) is 0 Å². The summed E-state index contributed by atoms with van der Waals surface area (Å²) in [4.78, 5) is 16.4. The number of carbonyl (C=O) groups excluding carboxylic acids is 1. The van der Waals surface area contributed by atoms with E-state index in [4.69, 9.17) is 5.73 Å². The molecule has 1 amide bonds. The summed E-state index contributed by atoms with van der Waals surface area (Å²) in [5.41, 5.74) is 6.77. The van der Waals surface area contributed by atoms with Gasteiger partial charge in [-0.25, -0.2) is 4.98 Å². The molecule has 4 N–H and O–H groups in total. The molecular formula is C15H19BrClN5O. The number of halogens is 2. The quantitative estimate of drug-likeness (QED) is 0.734. The molecule has 0 aliphatic heterocycles. The Hall–Kier alpha value is -1.44. The smallest absolute Gasteiger partial charge is 0.223 e. The van der Waals surface area contributed by atoms with Crippen LogP contribution in [0.4, 0.5) is 0 Å². The molecule has 1 saturated carbocycles. The fourth-order valence-electron chi connectivity index (χ4n) is 2.67. The number of nitrogens with zero attached hydrogens (tertiary/aromatic N) is 2. The third kappa shape index (κ3) is 4.53. The lowest BCUT2D eigenvalue weighted by molar-refractivity contribution is -0.125. The van der Waals surface area contributed by atoms with Crippen LogP contribution in [0.1, 0.15) is 25.1 Å². The summed E-state index contributed by atoms with van der Waals surface area (Å²) in [7, 11) is 0. The first-order valence-corrected chi connectivity index (χ1v) is 8.11. The van der Waals surface area contributed by atoms with E-state index in [0.29, 0.717) is 18.2 Å². The summed E-state index contributed by atoms with van der Waals surface area (Å²) in [6, 6.07) is 7.92. The number of aromatic nitrogens is 3. The Morgan fingerprint density at radius 3 is 2.74 bits per heavy atom. The van der Waals surface area contributed by atoms with Gasteiger partial charge in [0.2, 0.25) is 5.91 Å². The van der Waals surface area contributed by atoms with Gasteiger partial charge in [-0.1, -0.05) is 28.1 Å². The number of aromatic amines is 1. The molecule has 1 aromatic heterocycles. The van der Waals surface area contributed by atoms with Crippen molar-refractivity contribution in [1.82, 2.24) is 20.5 Å². The van der Waals surface area contributed by atoms with Crippen LogP contribution in [0.5, 0.6) is 0 Å².